The van der Waals surface area contributed by atoms with Crippen molar-refractivity contribution in [1.29, 1.82) is 0 Å². The summed E-state index contributed by atoms with van der Waals surface area (Å²) in [6.45, 7) is 3.76. The normalized spacial score (nSPS) is 21.6. The van der Waals surface area contributed by atoms with Crippen molar-refractivity contribution in [2.45, 2.75) is 19.4 Å². The molecule has 3 heterocycles. The van der Waals surface area contributed by atoms with Gasteiger partial charge in [-0.25, -0.2) is 14.8 Å². The van der Waals surface area contributed by atoms with Crippen LogP contribution in [-0.4, -0.2) is 51.0 Å². The minimum Gasteiger partial charge on any atom is -0.479 e. The number of ether oxygens (including phenoxy) is 2. The molecule has 1 aliphatic heterocycles. The highest BCUT2D eigenvalue weighted by molar-refractivity contribution is 6.00. The lowest BCUT2D eigenvalue weighted by molar-refractivity contribution is -0.148. The first-order valence-electron chi connectivity index (χ1n) is 7.01. The predicted molar refractivity (Wildman–Crippen MR) is 82.8 cm³/mol. The predicted octanol–water partition coefficient (Wildman–Crippen LogP) is 0.587. The van der Waals surface area contributed by atoms with Gasteiger partial charge in [-0.1, -0.05) is 0 Å². The van der Waals surface area contributed by atoms with Gasteiger partial charge in [0.1, 0.15) is 12.7 Å². The fourth-order valence-corrected chi connectivity index (χ4v) is 2.25. The van der Waals surface area contributed by atoms with Crippen LogP contribution in [0.2, 0.25) is 0 Å². The van der Waals surface area contributed by atoms with Crippen molar-refractivity contribution < 1.29 is 14.3 Å². The van der Waals surface area contributed by atoms with E-state index in [9.17, 15) is 4.79 Å². The number of esters is 1. The Morgan fingerprint density at radius 3 is 3.00 bits per heavy atom. The molecule has 0 spiro atoms. The molecule has 0 fully saturated rings. The largest absolute Gasteiger partial charge is 0.479 e. The number of hydrogen-bond acceptors (Lipinski definition) is 8. The number of rotatable bonds is 4. The molecule has 1 aliphatic rings. The van der Waals surface area contributed by atoms with Crippen molar-refractivity contribution in [3.8, 4) is 5.88 Å². The highest BCUT2D eigenvalue weighted by atomic mass is 16.5. The molecule has 0 amide bonds. The molecule has 23 heavy (non-hydrogen) atoms. The van der Waals surface area contributed by atoms with E-state index in [-0.39, 0.29) is 0 Å². The van der Waals surface area contributed by atoms with E-state index < -0.39 is 11.5 Å². The number of imidazole rings is 1. The molecule has 9 nitrogen and oxygen atoms in total. The van der Waals surface area contributed by atoms with Crippen LogP contribution >= 0.6 is 0 Å². The van der Waals surface area contributed by atoms with Gasteiger partial charge >= 0.3 is 5.97 Å². The van der Waals surface area contributed by atoms with Gasteiger partial charge in [-0.05, 0) is 13.8 Å². The minimum atomic E-state index is -1.05. The van der Waals surface area contributed by atoms with Gasteiger partial charge < -0.3 is 9.47 Å². The Labute approximate surface area is 132 Å². The van der Waals surface area contributed by atoms with Gasteiger partial charge in [-0.15, -0.1) is 0 Å². The molecular weight excluding hydrogens is 300 g/mol. The molecule has 120 valence electrons. The molecule has 0 saturated heterocycles. The summed E-state index contributed by atoms with van der Waals surface area (Å²) in [5.41, 5.74) is 3.47. The van der Waals surface area contributed by atoms with Crippen LogP contribution in [0.5, 0.6) is 5.88 Å². The van der Waals surface area contributed by atoms with Crippen LogP contribution in [0.3, 0.4) is 0 Å². The topological polar surface area (TPSA) is 104 Å². The van der Waals surface area contributed by atoms with Crippen LogP contribution in [0.25, 0.3) is 17.4 Å². The average molecular weight is 316 g/mol. The molecule has 0 aromatic carbocycles. The molecule has 1 N–H and O–H groups in total. The summed E-state index contributed by atoms with van der Waals surface area (Å²) in [6.07, 6.45) is 6.26. The molecule has 0 bridgehead atoms. The first-order valence-corrected chi connectivity index (χ1v) is 7.01. The zero-order valence-corrected chi connectivity index (χ0v) is 13.0. The summed E-state index contributed by atoms with van der Waals surface area (Å²) < 4.78 is 12.0. The van der Waals surface area contributed by atoms with Crippen molar-refractivity contribution in [3.63, 3.8) is 0 Å². The maximum absolute atomic E-state index is 12.2. The van der Waals surface area contributed by atoms with Gasteiger partial charge in [0.25, 0.3) is 0 Å². The summed E-state index contributed by atoms with van der Waals surface area (Å²) in [4.78, 5) is 24.7. The van der Waals surface area contributed by atoms with E-state index >= 15 is 0 Å². The highest BCUT2D eigenvalue weighted by Crippen LogP contribution is 2.25. The summed E-state index contributed by atoms with van der Waals surface area (Å²) in [5.74, 6) is -0.0149. The van der Waals surface area contributed by atoms with E-state index in [1.165, 1.54) is 13.4 Å². The van der Waals surface area contributed by atoms with Gasteiger partial charge in [0.2, 0.25) is 5.88 Å². The summed E-state index contributed by atoms with van der Waals surface area (Å²) in [7, 11) is 1.52. The van der Waals surface area contributed by atoms with Crippen molar-refractivity contribution in [1.82, 2.24) is 24.9 Å². The number of hydrogen-bond donors (Lipinski definition) is 1. The number of nitrogens with one attached hydrogen (secondary N) is 1. The number of hydrazone groups is 1. The summed E-state index contributed by atoms with van der Waals surface area (Å²) >= 11 is 0. The molecule has 1 unspecified atom stereocenters. The third kappa shape index (κ3) is 2.39. The number of nitrogens with zero attached hydrogens (tertiary/aromatic N) is 5. The lowest BCUT2D eigenvalue weighted by atomic mass is 9.95. The van der Waals surface area contributed by atoms with Crippen LogP contribution in [0.1, 0.15) is 13.8 Å². The molecule has 3 rings (SSSR count). The first kappa shape index (κ1) is 14.9. The summed E-state index contributed by atoms with van der Waals surface area (Å²) in [6, 6.07) is 0. The van der Waals surface area contributed by atoms with Crippen LogP contribution < -0.4 is 10.2 Å². The summed E-state index contributed by atoms with van der Waals surface area (Å²) in [5, 5.41) is 3.98. The van der Waals surface area contributed by atoms with E-state index in [1.807, 2.05) is 0 Å². The second-order valence-electron chi connectivity index (χ2n) is 5.01. The van der Waals surface area contributed by atoms with E-state index in [0.717, 1.165) is 0 Å². The number of carbonyl (C=O) groups is 1. The molecular formula is C14H16N6O3. The maximum Gasteiger partial charge on any atom is 0.337 e. The van der Waals surface area contributed by atoms with Crippen LogP contribution in [0.15, 0.2) is 23.3 Å². The highest BCUT2D eigenvalue weighted by Gasteiger charge is 2.41. The number of methoxy groups -OCH3 is 1. The van der Waals surface area contributed by atoms with Gasteiger partial charge in [0, 0.05) is 11.8 Å². The van der Waals surface area contributed by atoms with Crippen molar-refractivity contribution in [3.05, 3.63) is 18.2 Å². The lowest BCUT2D eigenvalue weighted by Gasteiger charge is -2.22. The molecule has 1 atom stereocenters. The third-order valence-electron chi connectivity index (χ3n) is 3.55. The second-order valence-corrected chi connectivity index (χ2v) is 5.01. The minimum absolute atomic E-state index is 0.293. The molecule has 0 aliphatic carbocycles. The monoisotopic (exact) mass is 316 g/mol. The Kier molecular flexibility index (Phi) is 3.68. The SMILES string of the molecule is CCOC(=O)C1(C)NN=C/C1=C\n1cnc2c(OC)ncnc21. The molecule has 2 aromatic rings. The van der Waals surface area contributed by atoms with E-state index in [0.29, 0.717) is 29.2 Å². The Balaban J connectivity index is 2.04. The zero-order chi connectivity index (χ0) is 16.4. The van der Waals surface area contributed by atoms with E-state index in [2.05, 4.69) is 25.5 Å². The van der Waals surface area contributed by atoms with Crippen molar-refractivity contribution in [2.24, 2.45) is 5.10 Å². The van der Waals surface area contributed by atoms with Crippen molar-refractivity contribution >= 4 is 29.5 Å². The Bertz CT molecular complexity index is 812. The van der Waals surface area contributed by atoms with E-state index in [4.69, 9.17) is 9.47 Å². The van der Waals surface area contributed by atoms with Gasteiger partial charge in [0.05, 0.1) is 19.9 Å². The zero-order valence-electron chi connectivity index (χ0n) is 13.0. The van der Waals surface area contributed by atoms with Gasteiger partial charge in [-0.2, -0.15) is 10.1 Å². The number of aromatic nitrogens is 4. The Morgan fingerprint density at radius 2 is 2.26 bits per heavy atom. The molecule has 9 heteroatoms. The Morgan fingerprint density at radius 1 is 1.43 bits per heavy atom. The quantitative estimate of drug-likeness (QED) is 0.823. The number of carbonyl (C=O) groups excluding carboxylic acids is 1. The van der Waals surface area contributed by atoms with Crippen LogP contribution in [0.4, 0.5) is 0 Å². The molecule has 2 aromatic heterocycles. The van der Waals surface area contributed by atoms with Crippen LogP contribution in [-0.2, 0) is 9.53 Å². The standard InChI is InChI=1S/C14H16N6O3/c1-4-23-13(21)14(2)9(5-18-19-14)6-20-8-17-10-11(20)15-7-16-12(10)22-3/h5-8,19H,4H2,1-3H3/b9-6+. The molecule has 0 saturated carbocycles. The Hall–Kier alpha value is -2.97. The first-order chi connectivity index (χ1) is 11.1. The second kappa shape index (κ2) is 5.67. The maximum atomic E-state index is 12.2. The number of fused-ring (bicyclic) bond motifs is 1. The van der Waals surface area contributed by atoms with Gasteiger partial charge in [-0.3, -0.25) is 9.99 Å². The lowest BCUT2D eigenvalue weighted by Crippen LogP contribution is -2.46. The fraction of sp³-hybridized carbons (Fsp3) is 0.357. The molecule has 0 radical (unpaired) electrons. The van der Waals surface area contributed by atoms with Crippen molar-refractivity contribution in [2.75, 3.05) is 13.7 Å². The smallest absolute Gasteiger partial charge is 0.337 e. The third-order valence-corrected chi connectivity index (χ3v) is 3.55. The van der Waals surface area contributed by atoms with E-state index in [1.54, 1.807) is 37.2 Å². The van der Waals surface area contributed by atoms with Gasteiger partial charge in [0.15, 0.2) is 16.7 Å². The fourth-order valence-electron chi connectivity index (χ4n) is 2.25. The van der Waals surface area contributed by atoms with Crippen LogP contribution in [0, 0.1) is 0 Å². The average Bonchev–Trinajstić information content (AvgIpc) is 3.13.